The molecular formula is C25H19BrN2O2S. The van der Waals surface area contributed by atoms with Gasteiger partial charge in [0.2, 0.25) is 0 Å². The summed E-state index contributed by atoms with van der Waals surface area (Å²) in [5, 5.41) is 2.00. The molecular weight excluding hydrogens is 472 g/mol. The number of halogens is 1. The van der Waals surface area contributed by atoms with Gasteiger partial charge in [-0.25, -0.2) is 9.97 Å². The Hall–Kier alpha value is -2.96. The Bertz CT molecular complexity index is 1220. The fraction of sp³-hybridized carbons (Fsp3) is 0.0800. The molecule has 0 spiro atoms. The first-order valence-corrected chi connectivity index (χ1v) is 11.5. The van der Waals surface area contributed by atoms with Crippen LogP contribution in [0.2, 0.25) is 0 Å². The van der Waals surface area contributed by atoms with Gasteiger partial charge in [-0.2, -0.15) is 0 Å². The molecule has 0 aliphatic carbocycles. The SMILES string of the molecule is O=C(/C=C/c1ccccc1Br)c1ccc(OCCSc2ncnc3ccccc23)cc1. The average molecular weight is 491 g/mol. The van der Waals surface area contributed by atoms with E-state index in [0.717, 1.165) is 37.5 Å². The topological polar surface area (TPSA) is 52.1 Å². The maximum absolute atomic E-state index is 12.4. The van der Waals surface area contributed by atoms with Gasteiger partial charge in [0.15, 0.2) is 5.78 Å². The standard InChI is InChI=1S/C25H19BrN2O2S/c26-22-7-3-1-5-18(22)11-14-24(29)19-9-12-20(13-10-19)30-15-16-31-25-21-6-2-4-8-23(21)27-17-28-25/h1-14,17H,15-16H2/b14-11+. The minimum absolute atomic E-state index is 0.0477. The van der Waals surface area contributed by atoms with Gasteiger partial charge in [0.05, 0.1) is 12.1 Å². The number of allylic oxidation sites excluding steroid dienone is 1. The molecule has 0 N–H and O–H groups in total. The number of hydrogen-bond donors (Lipinski definition) is 0. The number of ketones is 1. The Kier molecular flexibility index (Phi) is 7.12. The molecule has 4 aromatic rings. The Morgan fingerprint density at radius 1 is 0.968 bits per heavy atom. The summed E-state index contributed by atoms with van der Waals surface area (Å²) >= 11 is 5.12. The number of ether oxygens (including phenoxy) is 1. The highest BCUT2D eigenvalue weighted by Gasteiger charge is 2.05. The molecule has 0 unspecified atom stereocenters. The maximum atomic E-state index is 12.4. The van der Waals surface area contributed by atoms with Crippen molar-refractivity contribution < 1.29 is 9.53 Å². The zero-order chi connectivity index (χ0) is 21.5. The maximum Gasteiger partial charge on any atom is 0.185 e. The van der Waals surface area contributed by atoms with E-state index in [9.17, 15) is 4.79 Å². The molecule has 0 saturated heterocycles. The lowest BCUT2D eigenvalue weighted by atomic mass is 10.1. The molecule has 154 valence electrons. The minimum Gasteiger partial charge on any atom is -0.493 e. The van der Waals surface area contributed by atoms with E-state index in [4.69, 9.17) is 4.74 Å². The van der Waals surface area contributed by atoms with Crippen LogP contribution in [-0.2, 0) is 0 Å². The number of thioether (sulfide) groups is 1. The van der Waals surface area contributed by atoms with Crippen LogP contribution in [0.15, 0.2) is 94.7 Å². The minimum atomic E-state index is -0.0477. The van der Waals surface area contributed by atoms with Gasteiger partial charge in [0.25, 0.3) is 0 Å². The van der Waals surface area contributed by atoms with Gasteiger partial charge in [-0.05, 0) is 54.1 Å². The third-order valence-corrected chi connectivity index (χ3v) is 6.25. The number of carbonyl (C=O) groups excluding carboxylic acids is 1. The second-order valence-electron chi connectivity index (χ2n) is 6.64. The average Bonchev–Trinajstić information content (AvgIpc) is 2.81. The van der Waals surface area contributed by atoms with E-state index in [1.54, 1.807) is 36.3 Å². The summed E-state index contributed by atoms with van der Waals surface area (Å²) in [7, 11) is 0. The summed E-state index contributed by atoms with van der Waals surface area (Å²) in [6.07, 6.45) is 4.98. The van der Waals surface area contributed by atoms with Crippen molar-refractivity contribution in [1.29, 1.82) is 0 Å². The van der Waals surface area contributed by atoms with Gasteiger partial charge < -0.3 is 4.74 Å². The molecule has 0 bridgehead atoms. The van der Waals surface area contributed by atoms with E-state index >= 15 is 0 Å². The van der Waals surface area contributed by atoms with Crippen molar-refractivity contribution in [3.8, 4) is 5.75 Å². The van der Waals surface area contributed by atoms with Gasteiger partial charge in [-0.3, -0.25) is 4.79 Å². The van der Waals surface area contributed by atoms with Gasteiger partial charge >= 0.3 is 0 Å². The first-order chi connectivity index (χ1) is 15.2. The smallest absolute Gasteiger partial charge is 0.185 e. The lowest BCUT2D eigenvalue weighted by molar-refractivity contribution is 0.104. The van der Waals surface area contributed by atoms with Gasteiger partial charge in [-0.1, -0.05) is 52.3 Å². The second kappa shape index (κ2) is 10.4. The number of nitrogens with zero attached hydrogens (tertiary/aromatic N) is 2. The molecule has 4 rings (SSSR count). The van der Waals surface area contributed by atoms with Gasteiger partial charge in [0.1, 0.15) is 17.1 Å². The predicted molar refractivity (Wildman–Crippen MR) is 130 cm³/mol. The number of para-hydroxylation sites is 1. The van der Waals surface area contributed by atoms with Crippen molar-refractivity contribution in [2.45, 2.75) is 5.03 Å². The molecule has 0 aliphatic rings. The first-order valence-electron chi connectivity index (χ1n) is 9.73. The number of hydrogen-bond acceptors (Lipinski definition) is 5. The van der Waals surface area contributed by atoms with E-state index in [-0.39, 0.29) is 5.78 Å². The van der Waals surface area contributed by atoms with E-state index in [0.29, 0.717) is 12.2 Å². The van der Waals surface area contributed by atoms with Crippen molar-refractivity contribution in [3.05, 3.63) is 101 Å². The summed E-state index contributed by atoms with van der Waals surface area (Å²) in [5.74, 6) is 1.45. The summed E-state index contributed by atoms with van der Waals surface area (Å²) in [5.41, 5.74) is 2.53. The highest BCUT2D eigenvalue weighted by Crippen LogP contribution is 2.24. The highest BCUT2D eigenvalue weighted by molar-refractivity contribution is 9.10. The largest absolute Gasteiger partial charge is 0.493 e. The van der Waals surface area contributed by atoms with Crippen LogP contribution in [0, 0.1) is 0 Å². The monoisotopic (exact) mass is 490 g/mol. The summed E-state index contributed by atoms with van der Waals surface area (Å²) in [4.78, 5) is 21.1. The van der Waals surface area contributed by atoms with Crippen molar-refractivity contribution >= 4 is 50.5 Å². The van der Waals surface area contributed by atoms with Crippen LogP contribution in [0.3, 0.4) is 0 Å². The zero-order valence-electron chi connectivity index (χ0n) is 16.6. The van der Waals surface area contributed by atoms with Crippen molar-refractivity contribution in [3.63, 3.8) is 0 Å². The Labute approximate surface area is 193 Å². The third kappa shape index (κ3) is 5.60. The second-order valence-corrected chi connectivity index (χ2v) is 8.57. The fourth-order valence-corrected chi connectivity index (χ4v) is 4.21. The normalized spacial score (nSPS) is 11.1. The predicted octanol–water partition coefficient (Wildman–Crippen LogP) is 6.46. The molecule has 0 radical (unpaired) electrons. The van der Waals surface area contributed by atoms with E-state index in [1.165, 1.54) is 0 Å². The molecule has 0 aliphatic heterocycles. The molecule has 1 aromatic heterocycles. The quantitative estimate of drug-likeness (QED) is 0.0931. The number of aromatic nitrogens is 2. The Morgan fingerprint density at radius 3 is 2.58 bits per heavy atom. The molecule has 0 fully saturated rings. The van der Waals surface area contributed by atoms with Crippen LogP contribution in [0.4, 0.5) is 0 Å². The lowest BCUT2D eigenvalue weighted by Gasteiger charge is -2.07. The Morgan fingerprint density at radius 2 is 1.74 bits per heavy atom. The van der Waals surface area contributed by atoms with E-state index < -0.39 is 0 Å². The molecule has 3 aromatic carbocycles. The number of fused-ring (bicyclic) bond motifs is 1. The molecule has 4 nitrogen and oxygen atoms in total. The molecule has 1 heterocycles. The van der Waals surface area contributed by atoms with E-state index in [2.05, 4.69) is 25.9 Å². The van der Waals surface area contributed by atoms with Crippen molar-refractivity contribution in [2.75, 3.05) is 12.4 Å². The summed E-state index contributed by atoms with van der Waals surface area (Å²) < 4.78 is 6.77. The fourth-order valence-electron chi connectivity index (χ4n) is 2.98. The van der Waals surface area contributed by atoms with Crippen LogP contribution >= 0.6 is 27.7 Å². The zero-order valence-corrected chi connectivity index (χ0v) is 19.0. The number of carbonyl (C=O) groups is 1. The lowest BCUT2D eigenvalue weighted by Crippen LogP contribution is -2.01. The molecule has 31 heavy (non-hydrogen) atoms. The van der Waals surface area contributed by atoms with Gasteiger partial charge in [0, 0.05) is 21.2 Å². The summed E-state index contributed by atoms with van der Waals surface area (Å²) in [6, 6.07) is 23.0. The van der Waals surface area contributed by atoms with Crippen LogP contribution in [0.25, 0.3) is 17.0 Å². The van der Waals surface area contributed by atoms with Crippen molar-refractivity contribution in [2.24, 2.45) is 0 Å². The van der Waals surface area contributed by atoms with Gasteiger partial charge in [-0.15, -0.1) is 11.8 Å². The Balaban J connectivity index is 1.29. The van der Waals surface area contributed by atoms with E-state index in [1.807, 2.05) is 66.7 Å². The van der Waals surface area contributed by atoms with Crippen LogP contribution in [0.1, 0.15) is 15.9 Å². The first kappa shape index (κ1) is 21.3. The van der Waals surface area contributed by atoms with Crippen LogP contribution in [0.5, 0.6) is 5.75 Å². The molecule has 0 saturated carbocycles. The van der Waals surface area contributed by atoms with Crippen LogP contribution < -0.4 is 4.74 Å². The van der Waals surface area contributed by atoms with Crippen molar-refractivity contribution in [1.82, 2.24) is 9.97 Å². The number of benzene rings is 3. The molecule has 0 atom stereocenters. The molecule has 6 heteroatoms. The molecule has 0 amide bonds. The summed E-state index contributed by atoms with van der Waals surface area (Å²) in [6.45, 7) is 0.540. The highest BCUT2D eigenvalue weighted by atomic mass is 79.9. The third-order valence-electron chi connectivity index (χ3n) is 4.56. The number of rotatable bonds is 8. The van der Waals surface area contributed by atoms with Crippen LogP contribution in [-0.4, -0.2) is 28.1 Å².